The lowest BCUT2D eigenvalue weighted by Crippen LogP contribution is -2.40. The molecule has 154 valence electrons. The third-order valence-corrected chi connectivity index (χ3v) is 5.97. The smallest absolute Gasteiger partial charge is 0.255 e. The van der Waals surface area contributed by atoms with Crippen molar-refractivity contribution in [1.82, 2.24) is 9.47 Å². The molecule has 4 rings (SSSR count). The maximum atomic E-state index is 14.3. The Balaban J connectivity index is 1.50. The van der Waals surface area contributed by atoms with Crippen LogP contribution in [-0.4, -0.2) is 34.2 Å². The second-order valence-electron chi connectivity index (χ2n) is 7.87. The third-order valence-electron chi connectivity index (χ3n) is 5.97. The number of aryl methyl sites for hydroxylation is 1. The summed E-state index contributed by atoms with van der Waals surface area (Å²) in [5.74, 6) is -0.280. The lowest BCUT2D eigenvalue weighted by Gasteiger charge is -2.31. The first-order valence-corrected chi connectivity index (χ1v) is 10.3. The summed E-state index contributed by atoms with van der Waals surface area (Å²) in [6.07, 6.45) is 1.32. The number of rotatable bonds is 4. The van der Waals surface area contributed by atoms with Crippen LogP contribution >= 0.6 is 0 Å². The number of hydrogen-bond acceptors (Lipinski definition) is 2. The first-order valence-electron chi connectivity index (χ1n) is 10.3. The molecule has 3 aromatic rings. The largest absolute Gasteiger partial charge is 0.339 e. The van der Waals surface area contributed by atoms with Gasteiger partial charge in [-0.3, -0.25) is 9.59 Å². The SMILES string of the molecule is Cc1cc(C(=O)N2CCC(C(=O)c3ccccc3)CC2)c(C)n1-c1ccccc1F. The Morgan fingerprint density at radius 3 is 2.23 bits per heavy atom. The van der Waals surface area contributed by atoms with E-state index in [0.717, 1.165) is 17.0 Å². The van der Waals surface area contributed by atoms with E-state index < -0.39 is 0 Å². The van der Waals surface area contributed by atoms with Gasteiger partial charge in [0.05, 0.1) is 11.3 Å². The van der Waals surface area contributed by atoms with E-state index in [1.165, 1.54) is 6.07 Å². The maximum absolute atomic E-state index is 14.3. The quantitative estimate of drug-likeness (QED) is 0.576. The molecule has 4 nitrogen and oxygen atoms in total. The molecule has 0 spiro atoms. The molecule has 0 aliphatic carbocycles. The molecule has 1 aromatic heterocycles. The summed E-state index contributed by atoms with van der Waals surface area (Å²) >= 11 is 0. The first-order chi connectivity index (χ1) is 14.5. The van der Waals surface area contributed by atoms with Crippen molar-refractivity contribution < 1.29 is 14.0 Å². The topological polar surface area (TPSA) is 42.3 Å². The van der Waals surface area contributed by atoms with Crippen molar-refractivity contribution in [2.75, 3.05) is 13.1 Å². The van der Waals surface area contributed by atoms with Gasteiger partial charge >= 0.3 is 0 Å². The fourth-order valence-corrected chi connectivity index (χ4v) is 4.34. The zero-order valence-corrected chi connectivity index (χ0v) is 17.3. The number of nitrogens with zero attached hydrogens (tertiary/aromatic N) is 2. The van der Waals surface area contributed by atoms with Gasteiger partial charge in [0.25, 0.3) is 5.91 Å². The van der Waals surface area contributed by atoms with E-state index in [4.69, 9.17) is 0 Å². The molecule has 1 saturated heterocycles. The molecule has 0 N–H and O–H groups in total. The highest BCUT2D eigenvalue weighted by Gasteiger charge is 2.30. The zero-order chi connectivity index (χ0) is 21.3. The Bertz CT molecular complexity index is 1080. The Morgan fingerprint density at radius 1 is 0.933 bits per heavy atom. The van der Waals surface area contributed by atoms with Crippen LogP contribution in [0.3, 0.4) is 0 Å². The molecule has 30 heavy (non-hydrogen) atoms. The van der Waals surface area contributed by atoms with Crippen LogP contribution in [0.2, 0.25) is 0 Å². The summed E-state index contributed by atoms with van der Waals surface area (Å²) in [5.41, 5.74) is 3.30. The van der Waals surface area contributed by atoms with Gasteiger partial charge in [-0.1, -0.05) is 42.5 Å². The van der Waals surface area contributed by atoms with Crippen LogP contribution in [0.4, 0.5) is 4.39 Å². The summed E-state index contributed by atoms with van der Waals surface area (Å²) < 4.78 is 16.1. The van der Waals surface area contributed by atoms with Crippen molar-refractivity contribution in [2.24, 2.45) is 5.92 Å². The molecule has 1 aliphatic heterocycles. The van der Waals surface area contributed by atoms with Gasteiger partial charge in [0, 0.05) is 36.0 Å². The normalized spacial score (nSPS) is 14.7. The minimum absolute atomic E-state index is 0.0534. The second kappa shape index (κ2) is 8.27. The number of para-hydroxylation sites is 1. The minimum Gasteiger partial charge on any atom is -0.339 e. The van der Waals surface area contributed by atoms with E-state index in [1.54, 1.807) is 22.8 Å². The van der Waals surface area contributed by atoms with Gasteiger partial charge in [-0.25, -0.2) is 4.39 Å². The Hall–Kier alpha value is -3.21. The van der Waals surface area contributed by atoms with Gasteiger partial charge in [0.2, 0.25) is 0 Å². The number of ketones is 1. The molecule has 2 aromatic carbocycles. The Kier molecular flexibility index (Phi) is 5.53. The predicted molar refractivity (Wildman–Crippen MR) is 115 cm³/mol. The average Bonchev–Trinajstić information content (AvgIpc) is 3.07. The van der Waals surface area contributed by atoms with Crippen LogP contribution in [0.1, 0.15) is 44.9 Å². The molecule has 0 atom stereocenters. The van der Waals surface area contributed by atoms with Crippen LogP contribution in [-0.2, 0) is 0 Å². The van der Waals surface area contributed by atoms with Crippen LogP contribution in [0.25, 0.3) is 5.69 Å². The number of hydrogen-bond donors (Lipinski definition) is 0. The Labute approximate surface area is 175 Å². The van der Waals surface area contributed by atoms with E-state index in [1.807, 2.05) is 55.1 Å². The van der Waals surface area contributed by atoms with Gasteiger partial charge in [-0.05, 0) is 44.9 Å². The van der Waals surface area contributed by atoms with Crippen LogP contribution < -0.4 is 0 Å². The highest BCUT2D eigenvalue weighted by atomic mass is 19.1. The lowest BCUT2D eigenvalue weighted by atomic mass is 9.88. The number of carbonyl (C=O) groups is 2. The number of halogens is 1. The summed E-state index contributed by atoms with van der Waals surface area (Å²) in [6.45, 7) is 4.82. The van der Waals surface area contributed by atoms with Crippen molar-refractivity contribution in [2.45, 2.75) is 26.7 Å². The number of Topliss-reactive ketones (excluding diaryl/α,β-unsaturated/α-hetero) is 1. The zero-order valence-electron chi connectivity index (χ0n) is 17.3. The summed E-state index contributed by atoms with van der Waals surface area (Å²) in [4.78, 5) is 27.7. The molecule has 1 amide bonds. The number of piperidine rings is 1. The molecule has 0 unspecified atom stereocenters. The van der Waals surface area contributed by atoms with E-state index in [9.17, 15) is 14.0 Å². The number of benzene rings is 2. The van der Waals surface area contributed by atoms with Gasteiger partial charge in [0.15, 0.2) is 5.78 Å². The number of carbonyl (C=O) groups excluding carboxylic acids is 2. The average molecular weight is 404 g/mol. The van der Waals surface area contributed by atoms with Crippen LogP contribution in [0.15, 0.2) is 60.7 Å². The second-order valence-corrected chi connectivity index (χ2v) is 7.87. The van der Waals surface area contributed by atoms with E-state index in [0.29, 0.717) is 37.2 Å². The van der Waals surface area contributed by atoms with Crippen molar-refractivity contribution in [3.63, 3.8) is 0 Å². The fraction of sp³-hybridized carbons (Fsp3) is 0.280. The summed E-state index contributed by atoms with van der Waals surface area (Å²) in [6, 6.07) is 17.7. The number of likely N-dealkylation sites (tertiary alicyclic amines) is 1. The van der Waals surface area contributed by atoms with Crippen molar-refractivity contribution in [1.29, 1.82) is 0 Å². The van der Waals surface area contributed by atoms with Gasteiger partial charge in [-0.2, -0.15) is 0 Å². The molecular formula is C25H25FN2O2. The first kappa shape index (κ1) is 20.1. The molecule has 1 fully saturated rings. The van der Waals surface area contributed by atoms with Gasteiger partial charge in [0.1, 0.15) is 5.82 Å². The van der Waals surface area contributed by atoms with E-state index >= 15 is 0 Å². The van der Waals surface area contributed by atoms with Crippen molar-refractivity contribution in [3.05, 3.63) is 89.0 Å². The fourth-order valence-electron chi connectivity index (χ4n) is 4.34. The standard InChI is InChI=1S/C25H25FN2O2/c1-17-16-21(18(2)28(17)23-11-7-6-10-22(23)26)25(30)27-14-12-20(13-15-27)24(29)19-8-4-3-5-9-19/h3-11,16,20H,12-15H2,1-2H3. The number of aromatic nitrogens is 1. The molecule has 1 aliphatic rings. The van der Waals surface area contributed by atoms with Crippen molar-refractivity contribution >= 4 is 11.7 Å². The van der Waals surface area contributed by atoms with Gasteiger partial charge in [-0.15, -0.1) is 0 Å². The lowest BCUT2D eigenvalue weighted by molar-refractivity contribution is 0.0649. The minimum atomic E-state index is -0.321. The third kappa shape index (κ3) is 3.67. The Morgan fingerprint density at radius 2 is 1.57 bits per heavy atom. The predicted octanol–water partition coefficient (Wildman–Crippen LogP) is 4.97. The molecule has 2 heterocycles. The maximum Gasteiger partial charge on any atom is 0.255 e. The summed E-state index contributed by atoms with van der Waals surface area (Å²) in [5, 5.41) is 0. The molecule has 0 saturated carbocycles. The van der Waals surface area contributed by atoms with Crippen LogP contribution in [0.5, 0.6) is 0 Å². The molecule has 0 radical (unpaired) electrons. The van der Waals surface area contributed by atoms with Crippen LogP contribution in [0, 0.1) is 25.6 Å². The van der Waals surface area contributed by atoms with Gasteiger partial charge < -0.3 is 9.47 Å². The van der Waals surface area contributed by atoms with E-state index in [-0.39, 0.29) is 23.4 Å². The van der Waals surface area contributed by atoms with Crippen molar-refractivity contribution in [3.8, 4) is 5.69 Å². The summed E-state index contributed by atoms with van der Waals surface area (Å²) in [7, 11) is 0. The highest BCUT2D eigenvalue weighted by molar-refractivity contribution is 5.99. The monoisotopic (exact) mass is 404 g/mol. The molecular weight excluding hydrogens is 379 g/mol. The highest BCUT2D eigenvalue weighted by Crippen LogP contribution is 2.27. The molecule has 5 heteroatoms. The number of amides is 1. The molecule has 0 bridgehead atoms. The van der Waals surface area contributed by atoms with E-state index in [2.05, 4.69) is 0 Å².